The fourth-order valence-electron chi connectivity index (χ4n) is 14.2. The van der Waals surface area contributed by atoms with Gasteiger partial charge in [0.15, 0.2) is 12.6 Å². The summed E-state index contributed by atoms with van der Waals surface area (Å²) in [4.78, 5) is 0. The first kappa shape index (κ1) is 43.3. The van der Waals surface area contributed by atoms with Gasteiger partial charge in [0.2, 0.25) is 0 Å². The van der Waals surface area contributed by atoms with Crippen LogP contribution in [0.5, 0.6) is 0 Å². The highest BCUT2D eigenvalue weighted by Crippen LogP contribution is 2.76. The summed E-state index contributed by atoms with van der Waals surface area (Å²) in [6.07, 6.45) is -9.34. The number of hydrogen-bond donors (Lipinski definition) is 10. The molecule has 10 N–H and O–H groups in total. The number of rotatable bonds is 8. The van der Waals surface area contributed by atoms with Crippen LogP contribution in [0.4, 0.5) is 0 Å². The van der Waals surface area contributed by atoms with Gasteiger partial charge in [0.05, 0.1) is 31.5 Å². The highest BCUT2D eigenvalue weighted by Gasteiger charge is 2.72. The number of aliphatic hydroxyl groups excluding tert-OH is 10. The van der Waals surface area contributed by atoms with Gasteiger partial charge < -0.3 is 70.0 Å². The predicted octanol–water partition coefficient (Wildman–Crippen LogP) is 0.587. The van der Waals surface area contributed by atoms with Gasteiger partial charge in [-0.15, -0.1) is 0 Å². The van der Waals surface area contributed by atoms with E-state index in [4.69, 9.17) is 18.9 Å². The van der Waals surface area contributed by atoms with Crippen molar-refractivity contribution < 1.29 is 70.0 Å². The molecule has 2 saturated heterocycles. The quantitative estimate of drug-likeness (QED) is 0.120. The molecular weight excluding hydrogens is 728 g/mol. The molecule has 14 nitrogen and oxygen atoms in total. The molecule has 0 amide bonds. The number of hydrogen-bond acceptors (Lipinski definition) is 14. The first-order valence-electron chi connectivity index (χ1n) is 21.1. The van der Waals surface area contributed by atoms with E-state index < -0.39 is 98.4 Å². The smallest absolute Gasteiger partial charge is 0.186 e. The van der Waals surface area contributed by atoms with Crippen molar-refractivity contribution in [3.8, 4) is 0 Å². The lowest BCUT2D eigenvalue weighted by Crippen LogP contribution is -2.67. The highest BCUT2D eigenvalue weighted by atomic mass is 16.7. The van der Waals surface area contributed by atoms with Gasteiger partial charge >= 0.3 is 0 Å². The zero-order valence-corrected chi connectivity index (χ0v) is 34.1. The van der Waals surface area contributed by atoms with Crippen LogP contribution in [0.3, 0.4) is 0 Å². The van der Waals surface area contributed by atoms with E-state index in [0.29, 0.717) is 25.2 Å². The molecule has 21 atom stereocenters. The average Bonchev–Trinajstić information content (AvgIpc) is 3.47. The molecule has 56 heavy (non-hydrogen) atoms. The minimum atomic E-state index is -1.67. The maximum Gasteiger partial charge on any atom is 0.186 e. The monoisotopic (exact) mass is 798 g/mol. The van der Waals surface area contributed by atoms with Gasteiger partial charge in [0.25, 0.3) is 0 Å². The lowest BCUT2D eigenvalue weighted by Gasteiger charge is -2.70. The second-order valence-electron chi connectivity index (χ2n) is 20.5. The number of fused-ring (bicyclic) bond motifs is 7. The normalized spacial score (nSPS) is 55.5. The molecule has 7 aliphatic rings. The van der Waals surface area contributed by atoms with Crippen molar-refractivity contribution in [3.63, 3.8) is 0 Å². The summed E-state index contributed by atoms with van der Waals surface area (Å²) >= 11 is 0. The van der Waals surface area contributed by atoms with Gasteiger partial charge in [0, 0.05) is 17.9 Å². The van der Waals surface area contributed by atoms with Crippen LogP contribution in [0.25, 0.3) is 0 Å². The van der Waals surface area contributed by atoms with Crippen molar-refractivity contribution in [2.75, 3.05) is 19.8 Å². The van der Waals surface area contributed by atoms with Crippen LogP contribution >= 0.6 is 0 Å². The Balaban J connectivity index is 1.09. The Kier molecular flexibility index (Phi) is 11.6. The molecule has 7 rings (SSSR count). The lowest BCUT2D eigenvalue weighted by molar-refractivity contribution is -0.344. The third-order valence-corrected chi connectivity index (χ3v) is 17.4. The molecule has 0 aromatic heterocycles. The highest BCUT2D eigenvalue weighted by molar-refractivity contribution is 5.35. The van der Waals surface area contributed by atoms with Crippen LogP contribution in [-0.2, 0) is 18.9 Å². The van der Waals surface area contributed by atoms with Crippen molar-refractivity contribution in [2.24, 2.45) is 56.7 Å². The largest absolute Gasteiger partial charge is 0.396 e. The molecule has 0 aromatic carbocycles. The molecule has 0 bridgehead atoms. The van der Waals surface area contributed by atoms with E-state index in [-0.39, 0.29) is 51.9 Å². The molecule has 322 valence electrons. The molecule has 0 spiro atoms. The zero-order chi connectivity index (χ0) is 41.1. The van der Waals surface area contributed by atoms with E-state index in [0.717, 1.165) is 25.7 Å². The summed E-state index contributed by atoms with van der Waals surface area (Å²) in [6, 6.07) is 0. The third-order valence-electron chi connectivity index (χ3n) is 17.4. The van der Waals surface area contributed by atoms with Crippen molar-refractivity contribution in [1.82, 2.24) is 0 Å². The molecule has 2 aliphatic heterocycles. The van der Waals surface area contributed by atoms with Crippen LogP contribution in [0, 0.1) is 56.7 Å². The van der Waals surface area contributed by atoms with E-state index in [2.05, 4.69) is 54.5 Å². The summed E-state index contributed by atoms with van der Waals surface area (Å²) in [5.41, 5.74) is -0.525. The SMILES string of the molecule is CC(C)C1CC(O)C2C1(CO)CCC1(C)C3C(=CCC21C)C1(C)CCC(OC2OC(COC4OC(CO)C(O)C(O)C4O)C(O)C(O)C2O)C(C)(C)C1CC3O. The van der Waals surface area contributed by atoms with Crippen LogP contribution in [-0.4, -0.2) is 151 Å². The van der Waals surface area contributed by atoms with Gasteiger partial charge in [-0.3, -0.25) is 0 Å². The molecular formula is C42H70O14. The van der Waals surface area contributed by atoms with Crippen LogP contribution < -0.4 is 0 Å². The van der Waals surface area contributed by atoms with Crippen LogP contribution in [0.15, 0.2) is 11.6 Å². The Hall–Kier alpha value is -0.820. The summed E-state index contributed by atoms with van der Waals surface area (Å²) in [5.74, 6) is 0.359. The Morgan fingerprint density at radius 2 is 1.36 bits per heavy atom. The fraction of sp³-hybridized carbons (Fsp3) is 0.952. The van der Waals surface area contributed by atoms with Gasteiger partial charge in [0.1, 0.15) is 48.8 Å². The molecule has 21 unspecified atom stereocenters. The summed E-state index contributed by atoms with van der Waals surface area (Å²) < 4.78 is 23.6. The van der Waals surface area contributed by atoms with E-state index in [1.807, 2.05) is 0 Å². The molecule has 5 aliphatic carbocycles. The molecule has 0 aromatic rings. The molecule has 0 radical (unpaired) electrons. The summed E-state index contributed by atoms with van der Waals surface area (Å²) in [7, 11) is 0. The van der Waals surface area contributed by atoms with Gasteiger partial charge in [-0.05, 0) is 90.3 Å². The maximum atomic E-state index is 12.4. The Morgan fingerprint density at radius 1 is 0.732 bits per heavy atom. The molecule has 2 heterocycles. The van der Waals surface area contributed by atoms with Crippen molar-refractivity contribution in [2.45, 2.75) is 173 Å². The Bertz CT molecular complexity index is 1460. The second-order valence-corrected chi connectivity index (χ2v) is 20.5. The first-order chi connectivity index (χ1) is 26.1. The zero-order valence-electron chi connectivity index (χ0n) is 34.1. The number of aliphatic hydroxyl groups is 10. The Morgan fingerprint density at radius 3 is 1.98 bits per heavy atom. The van der Waals surface area contributed by atoms with Crippen molar-refractivity contribution in [3.05, 3.63) is 11.6 Å². The third kappa shape index (κ3) is 6.17. The molecule has 14 heteroatoms. The maximum absolute atomic E-state index is 12.4. The average molecular weight is 799 g/mol. The Labute approximate surface area is 330 Å². The minimum absolute atomic E-state index is 0.0247. The molecule has 6 fully saturated rings. The van der Waals surface area contributed by atoms with E-state index in [1.165, 1.54) is 5.57 Å². The fourth-order valence-corrected chi connectivity index (χ4v) is 14.2. The van der Waals surface area contributed by atoms with E-state index in [1.54, 1.807) is 0 Å². The van der Waals surface area contributed by atoms with Gasteiger partial charge in [-0.25, -0.2) is 0 Å². The number of ether oxygens (including phenoxy) is 4. The van der Waals surface area contributed by atoms with Crippen LogP contribution in [0.1, 0.15) is 93.4 Å². The number of allylic oxidation sites excluding steroid dienone is 1. The minimum Gasteiger partial charge on any atom is -0.396 e. The van der Waals surface area contributed by atoms with Crippen LogP contribution in [0.2, 0.25) is 0 Å². The lowest BCUT2D eigenvalue weighted by atomic mass is 9.35. The topological polar surface area (TPSA) is 239 Å². The van der Waals surface area contributed by atoms with E-state index in [9.17, 15) is 51.1 Å². The standard InChI is InChI=1S/C42H70O14/c1-19(2)21-14-23(46)35-41(7)11-8-20-28(40(41,6)12-13-42(21,35)18-44)22(45)15-26-38(3,4)27(9-10-39(20,26)5)56-37-34(52)32(50)30(48)25(55-37)17-53-36-33(51)31(49)29(47)24(16-43)54-36/h8,19,21-37,43-52H,9-18H2,1-7H3. The predicted molar refractivity (Wildman–Crippen MR) is 200 cm³/mol. The van der Waals surface area contributed by atoms with Gasteiger partial charge in [-0.1, -0.05) is 60.1 Å². The summed E-state index contributed by atoms with van der Waals surface area (Å²) in [6.45, 7) is 14.5. The first-order valence-corrected chi connectivity index (χ1v) is 21.1. The second kappa shape index (κ2) is 15.0. The van der Waals surface area contributed by atoms with Crippen molar-refractivity contribution in [1.29, 1.82) is 0 Å². The summed E-state index contributed by atoms with van der Waals surface area (Å²) in [5, 5.41) is 108. The van der Waals surface area contributed by atoms with Gasteiger partial charge in [-0.2, -0.15) is 0 Å². The van der Waals surface area contributed by atoms with Crippen molar-refractivity contribution >= 4 is 0 Å². The molecule has 4 saturated carbocycles. The van der Waals surface area contributed by atoms with E-state index >= 15 is 0 Å².